The first-order chi connectivity index (χ1) is 10.3. The van der Waals surface area contributed by atoms with Crippen molar-refractivity contribution in [3.8, 4) is 11.5 Å². The first-order valence-corrected chi connectivity index (χ1v) is 8.99. The lowest BCUT2D eigenvalue weighted by molar-refractivity contribution is 0.0760. The third kappa shape index (κ3) is 6.18. The summed E-state index contributed by atoms with van der Waals surface area (Å²) < 4.78 is 17.2. The van der Waals surface area contributed by atoms with Gasteiger partial charge in [-0.3, -0.25) is 0 Å². The maximum atomic E-state index is 5.94. The van der Waals surface area contributed by atoms with E-state index in [0.29, 0.717) is 12.7 Å². The zero-order chi connectivity index (χ0) is 14.9. The molecule has 1 aromatic rings. The summed E-state index contributed by atoms with van der Waals surface area (Å²) in [6.45, 7) is 5.71. The third-order valence-electron chi connectivity index (χ3n) is 3.26. The Hall–Kier alpha value is -0.870. The molecule has 0 N–H and O–H groups in total. The summed E-state index contributed by atoms with van der Waals surface area (Å²) in [5.41, 5.74) is 0. The van der Waals surface area contributed by atoms with Gasteiger partial charge in [-0.1, -0.05) is 18.6 Å². The highest BCUT2D eigenvalue weighted by Crippen LogP contribution is 2.31. The molecule has 21 heavy (non-hydrogen) atoms. The molecule has 2 rings (SSSR count). The van der Waals surface area contributed by atoms with Crippen molar-refractivity contribution in [2.45, 2.75) is 45.3 Å². The summed E-state index contributed by atoms with van der Waals surface area (Å²) in [6.07, 6.45) is 4.18. The molecule has 1 aromatic carbocycles. The van der Waals surface area contributed by atoms with Crippen LogP contribution in [0.3, 0.4) is 0 Å². The standard InChI is InChI=1S/C17H26O3S/c1-14(2)18-10-6-3-7-11-21-13-15-12-19-16-8-4-5-9-17(16)20-15/h4-5,8-9,14-15H,3,6-7,10-13H2,1-2H3. The van der Waals surface area contributed by atoms with Crippen LogP contribution in [0.5, 0.6) is 11.5 Å². The third-order valence-corrected chi connectivity index (χ3v) is 4.44. The number of hydrogen-bond donors (Lipinski definition) is 0. The van der Waals surface area contributed by atoms with Crippen molar-refractivity contribution >= 4 is 11.8 Å². The van der Waals surface area contributed by atoms with Crippen LogP contribution in [0.15, 0.2) is 24.3 Å². The highest BCUT2D eigenvalue weighted by atomic mass is 32.2. The monoisotopic (exact) mass is 310 g/mol. The Labute approximate surface area is 132 Å². The highest BCUT2D eigenvalue weighted by molar-refractivity contribution is 7.99. The fraction of sp³-hybridized carbons (Fsp3) is 0.647. The number of fused-ring (bicyclic) bond motifs is 1. The van der Waals surface area contributed by atoms with Crippen LogP contribution in [0.2, 0.25) is 0 Å². The summed E-state index contributed by atoms with van der Waals surface area (Å²) in [4.78, 5) is 0. The van der Waals surface area contributed by atoms with Gasteiger partial charge in [-0.05, 0) is 44.6 Å². The van der Waals surface area contributed by atoms with E-state index in [1.54, 1.807) is 0 Å². The second kappa shape index (κ2) is 9.21. The van der Waals surface area contributed by atoms with Gasteiger partial charge in [-0.15, -0.1) is 0 Å². The molecular weight excluding hydrogens is 284 g/mol. The average molecular weight is 310 g/mol. The molecule has 0 aromatic heterocycles. The summed E-state index contributed by atoms with van der Waals surface area (Å²) >= 11 is 1.95. The van der Waals surface area contributed by atoms with Crippen LogP contribution in [-0.2, 0) is 4.74 Å². The van der Waals surface area contributed by atoms with Gasteiger partial charge < -0.3 is 14.2 Å². The maximum absolute atomic E-state index is 5.94. The zero-order valence-electron chi connectivity index (χ0n) is 13.0. The lowest BCUT2D eigenvalue weighted by Gasteiger charge is -2.26. The van der Waals surface area contributed by atoms with E-state index in [1.807, 2.05) is 36.0 Å². The molecule has 1 heterocycles. The minimum Gasteiger partial charge on any atom is -0.486 e. The van der Waals surface area contributed by atoms with E-state index >= 15 is 0 Å². The van der Waals surface area contributed by atoms with Crippen LogP contribution in [0.1, 0.15) is 33.1 Å². The number of hydrogen-bond acceptors (Lipinski definition) is 4. The number of rotatable bonds is 9. The second-order valence-electron chi connectivity index (χ2n) is 5.55. The van der Waals surface area contributed by atoms with Gasteiger partial charge in [0.15, 0.2) is 11.5 Å². The number of benzene rings is 1. The molecule has 0 bridgehead atoms. The Morgan fingerprint density at radius 1 is 1.19 bits per heavy atom. The van der Waals surface area contributed by atoms with Crippen molar-refractivity contribution < 1.29 is 14.2 Å². The predicted octanol–water partition coefficient (Wildman–Crippen LogP) is 4.15. The van der Waals surface area contributed by atoms with Gasteiger partial charge in [0.2, 0.25) is 0 Å². The molecule has 4 heteroatoms. The molecule has 1 aliphatic rings. The molecule has 0 saturated carbocycles. The van der Waals surface area contributed by atoms with Crippen LogP contribution in [0, 0.1) is 0 Å². The second-order valence-corrected chi connectivity index (χ2v) is 6.70. The van der Waals surface area contributed by atoms with Crippen molar-refractivity contribution in [3.63, 3.8) is 0 Å². The van der Waals surface area contributed by atoms with Gasteiger partial charge in [0.25, 0.3) is 0 Å². The summed E-state index contributed by atoms with van der Waals surface area (Å²) in [5, 5.41) is 0. The van der Waals surface area contributed by atoms with Crippen LogP contribution >= 0.6 is 11.8 Å². The fourth-order valence-corrected chi connectivity index (χ4v) is 3.16. The molecule has 3 nitrogen and oxygen atoms in total. The topological polar surface area (TPSA) is 27.7 Å². The quantitative estimate of drug-likeness (QED) is 0.640. The van der Waals surface area contributed by atoms with Gasteiger partial charge >= 0.3 is 0 Å². The van der Waals surface area contributed by atoms with E-state index in [0.717, 1.165) is 30.3 Å². The van der Waals surface area contributed by atoms with E-state index in [2.05, 4.69) is 13.8 Å². The van der Waals surface area contributed by atoms with Crippen LogP contribution in [0.25, 0.3) is 0 Å². The lowest BCUT2D eigenvalue weighted by atomic mass is 10.3. The molecule has 0 fully saturated rings. The van der Waals surface area contributed by atoms with Crippen LogP contribution in [-0.4, -0.2) is 36.9 Å². The Kier molecular flexibility index (Phi) is 7.24. The number of unbranched alkanes of at least 4 members (excludes halogenated alkanes) is 2. The SMILES string of the molecule is CC(C)OCCCCCSCC1COc2ccccc2O1. The molecule has 0 spiro atoms. The van der Waals surface area contributed by atoms with Gasteiger partial charge in [0, 0.05) is 12.4 Å². The molecule has 0 radical (unpaired) electrons. The number of ether oxygens (including phenoxy) is 3. The first-order valence-electron chi connectivity index (χ1n) is 7.83. The van der Waals surface area contributed by atoms with Gasteiger partial charge in [-0.25, -0.2) is 0 Å². The Bertz CT molecular complexity index is 409. The van der Waals surface area contributed by atoms with Crippen molar-refractivity contribution in [3.05, 3.63) is 24.3 Å². The molecule has 0 aliphatic carbocycles. The number of para-hydroxylation sites is 2. The van der Waals surface area contributed by atoms with E-state index < -0.39 is 0 Å². The molecule has 118 valence electrons. The summed E-state index contributed by atoms with van der Waals surface area (Å²) in [7, 11) is 0. The van der Waals surface area contributed by atoms with E-state index in [9.17, 15) is 0 Å². The summed E-state index contributed by atoms with van der Waals surface area (Å²) in [5.74, 6) is 3.92. The largest absolute Gasteiger partial charge is 0.486 e. The van der Waals surface area contributed by atoms with Crippen molar-refractivity contribution in [2.75, 3.05) is 24.7 Å². The zero-order valence-corrected chi connectivity index (χ0v) is 13.9. The lowest BCUT2D eigenvalue weighted by Crippen LogP contribution is -2.31. The number of thioether (sulfide) groups is 1. The van der Waals surface area contributed by atoms with Crippen molar-refractivity contribution in [1.29, 1.82) is 0 Å². The smallest absolute Gasteiger partial charge is 0.161 e. The average Bonchev–Trinajstić information content (AvgIpc) is 2.49. The van der Waals surface area contributed by atoms with Crippen LogP contribution < -0.4 is 9.47 Å². The highest BCUT2D eigenvalue weighted by Gasteiger charge is 2.19. The fourth-order valence-electron chi connectivity index (χ4n) is 2.16. The first kappa shape index (κ1) is 16.5. The van der Waals surface area contributed by atoms with Crippen molar-refractivity contribution in [2.24, 2.45) is 0 Å². The molecule has 0 saturated heterocycles. The molecule has 0 amide bonds. The van der Waals surface area contributed by atoms with Crippen molar-refractivity contribution in [1.82, 2.24) is 0 Å². The minimum absolute atomic E-state index is 0.175. The molecule has 1 atom stereocenters. The Morgan fingerprint density at radius 3 is 2.81 bits per heavy atom. The summed E-state index contributed by atoms with van der Waals surface area (Å²) in [6, 6.07) is 7.88. The van der Waals surface area contributed by atoms with E-state index in [1.165, 1.54) is 18.6 Å². The van der Waals surface area contributed by atoms with E-state index in [4.69, 9.17) is 14.2 Å². The van der Waals surface area contributed by atoms with Gasteiger partial charge in [0.1, 0.15) is 12.7 Å². The van der Waals surface area contributed by atoms with Crippen LogP contribution in [0.4, 0.5) is 0 Å². The van der Waals surface area contributed by atoms with Gasteiger partial charge in [0.05, 0.1) is 6.10 Å². The minimum atomic E-state index is 0.175. The van der Waals surface area contributed by atoms with E-state index in [-0.39, 0.29) is 6.10 Å². The predicted molar refractivity (Wildman–Crippen MR) is 88.6 cm³/mol. The molecule has 1 unspecified atom stereocenters. The molecule has 1 aliphatic heterocycles. The Morgan fingerprint density at radius 2 is 2.00 bits per heavy atom. The Balaban J connectivity index is 1.50. The maximum Gasteiger partial charge on any atom is 0.161 e. The van der Waals surface area contributed by atoms with Gasteiger partial charge in [-0.2, -0.15) is 11.8 Å². The molecular formula is C17H26O3S. The normalized spacial score (nSPS) is 17.2.